The molecule has 0 spiro atoms. The average molecular weight is 225 g/mol. The molecule has 0 aliphatic rings. The molecule has 0 saturated heterocycles. The molecule has 0 aromatic carbocycles. The number of rotatable bonds is 7. The molecule has 90 valence electrons. The minimum Gasteiger partial charge on any atom is -0.379 e. The highest BCUT2D eigenvalue weighted by Crippen LogP contribution is 2.08. The number of hydrazine groups is 1. The SMILES string of the molecule is CCOCC(C)OCc1ccnc(NN)c1. The lowest BCUT2D eigenvalue weighted by molar-refractivity contribution is -0.0116. The van der Waals surface area contributed by atoms with Gasteiger partial charge in [0.2, 0.25) is 0 Å². The fraction of sp³-hybridized carbons (Fsp3) is 0.545. The smallest absolute Gasteiger partial charge is 0.140 e. The first kappa shape index (κ1) is 12.9. The normalized spacial score (nSPS) is 12.4. The molecule has 3 N–H and O–H groups in total. The maximum absolute atomic E-state index is 5.61. The molecule has 1 atom stereocenters. The van der Waals surface area contributed by atoms with Gasteiger partial charge in [0.1, 0.15) is 5.82 Å². The largest absolute Gasteiger partial charge is 0.379 e. The van der Waals surface area contributed by atoms with Crippen LogP contribution in [0.1, 0.15) is 19.4 Å². The van der Waals surface area contributed by atoms with E-state index in [1.54, 1.807) is 6.20 Å². The summed E-state index contributed by atoms with van der Waals surface area (Å²) in [6.07, 6.45) is 1.78. The van der Waals surface area contributed by atoms with E-state index in [-0.39, 0.29) is 6.10 Å². The van der Waals surface area contributed by atoms with Crippen molar-refractivity contribution in [2.45, 2.75) is 26.6 Å². The Morgan fingerprint density at radius 3 is 3.06 bits per heavy atom. The Balaban J connectivity index is 2.35. The summed E-state index contributed by atoms with van der Waals surface area (Å²) in [5.41, 5.74) is 3.53. The molecule has 1 heterocycles. The third kappa shape index (κ3) is 4.57. The second kappa shape index (κ2) is 7.16. The van der Waals surface area contributed by atoms with Gasteiger partial charge in [0.25, 0.3) is 0 Å². The summed E-state index contributed by atoms with van der Waals surface area (Å²) in [7, 11) is 0. The first-order valence-corrected chi connectivity index (χ1v) is 5.37. The van der Waals surface area contributed by atoms with Crippen molar-refractivity contribution in [2.75, 3.05) is 18.6 Å². The molecule has 0 fully saturated rings. The number of hydrogen-bond donors (Lipinski definition) is 2. The van der Waals surface area contributed by atoms with E-state index in [1.165, 1.54) is 0 Å². The molecule has 5 nitrogen and oxygen atoms in total. The summed E-state index contributed by atoms with van der Waals surface area (Å²) in [5.74, 6) is 5.90. The van der Waals surface area contributed by atoms with E-state index in [2.05, 4.69) is 10.4 Å². The van der Waals surface area contributed by atoms with E-state index in [9.17, 15) is 0 Å². The molecule has 0 radical (unpaired) electrons. The van der Waals surface area contributed by atoms with Gasteiger partial charge in [-0.25, -0.2) is 10.8 Å². The highest BCUT2D eigenvalue weighted by atomic mass is 16.5. The van der Waals surface area contributed by atoms with Gasteiger partial charge in [0.15, 0.2) is 0 Å². The minimum absolute atomic E-state index is 0.0856. The van der Waals surface area contributed by atoms with E-state index in [4.69, 9.17) is 15.3 Å². The number of nitrogens with two attached hydrogens (primary N) is 1. The van der Waals surface area contributed by atoms with Crippen molar-refractivity contribution >= 4 is 5.82 Å². The van der Waals surface area contributed by atoms with Crippen LogP contribution in [0.4, 0.5) is 5.82 Å². The van der Waals surface area contributed by atoms with Gasteiger partial charge in [-0.2, -0.15) is 0 Å². The quantitative estimate of drug-likeness (QED) is 0.541. The molecule has 0 aliphatic heterocycles. The number of ether oxygens (including phenoxy) is 2. The number of nitrogens with zero attached hydrogens (tertiary/aromatic N) is 1. The van der Waals surface area contributed by atoms with Crippen molar-refractivity contribution in [3.63, 3.8) is 0 Å². The molecule has 1 unspecified atom stereocenters. The second-order valence-electron chi connectivity index (χ2n) is 3.47. The van der Waals surface area contributed by atoms with E-state index < -0.39 is 0 Å². The van der Waals surface area contributed by atoms with Crippen LogP contribution in [0.25, 0.3) is 0 Å². The second-order valence-corrected chi connectivity index (χ2v) is 3.47. The summed E-state index contributed by atoms with van der Waals surface area (Å²) in [5, 5.41) is 0. The maximum atomic E-state index is 5.61. The van der Waals surface area contributed by atoms with E-state index in [1.807, 2.05) is 26.0 Å². The molecule has 0 bridgehead atoms. The van der Waals surface area contributed by atoms with Crippen LogP contribution >= 0.6 is 0 Å². The van der Waals surface area contributed by atoms with Gasteiger partial charge >= 0.3 is 0 Å². The number of hydrogen-bond acceptors (Lipinski definition) is 5. The Bertz CT molecular complexity index is 307. The zero-order chi connectivity index (χ0) is 11.8. The molecular weight excluding hydrogens is 206 g/mol. The van der Waals surface area contributed by atoms with Crippen LogP contribution in [0.5, 0.6) is 0 Å². The molecule has 1 aromatic rings. The van der Waals surface area contributed by atoms with Crippen molar-refractivity contribution in [1.29, 1.82) is 0 Å². The Hall–Kier alpha value is -1.17. The Labute approximate surface area is 95.9 Å². The van der Waals surface area contributed by atoms with E-state index in [0.29, 0.717) is 25.6 Å². The molecule has 1 aromatic heterocycles. The fourth-order valence-corrected chi connectivity index (χ4v) is 1.21. The zero-order valence-corrected chi connectivity index (χ0v) is 9.77. The molecular formula is C11H19N3O2. The lowest BCUT2D eigenvalue weighted by Gasteiger charge is -2.13. The van der Waals surface area contributed by atoms with Gasteiger partial charge in [-0.1, -0.05) is 0 Å². The number of anilines is 1. The molecule has 5 heteroatoms. The molecule has 16 heavy (non-hydrogen) atoms. The van der Waals surface area contributed by atoms with Gasteiger partial charge in [-0.3, -0.25) is 0 Å². The van der Waals surface area contributed by atoms with Crippen LogP contribution in [-0.2, 0) is 16.1 Å². The summed E-state index contributed by atoms with van der Waals surface area (Å²) < 4.78 is 10.9. The number of nitrogen functional groups attached to an aromatic ring is 1. The van der Waals surface area contributed by atoms with Crippen LogP contribution in [0, 0.1) is 0 Å². The Kier molecular flexibility index (Phi) is 5.77. The molecule has 0 saturated carbocycles. The third-order valence-electron chi connectivity index (χ3n) is 2.06. The summed E-state index contributed by atoms with van der Waals surface area (Å²) in [6, 6.07) is 3.75. The summed E-state index contributed by atoms with van der Waals surface area (Å²) in [4.78, 5) is 4.02. The van der Waals surface area contributed by atoms with E-state index in [0.717, 1.165) is 5.56 Å². The summed E-state index contributed by atoms with van der Waals surface area (Å²) in [6.45, 7) is 5.81. The summed E-state index contributed by atoms with van der Waals surface area (Å²) >= 11 is 0. The maximum Gasteiger partial charge on any atom is 0.140 e. The fourth-order valence-electron chi connectivity index (χ4n) is 1.21. The standard InChI is InChI=1S/C11H19N3O2/c1-3-15-7-9(2)16-8-10-4-5-13-11(6-10)14-12/h4-6,9H,3,7-8,12H2,1-2H3,(H,13,14). The predicted octanol–water partition coefficient (Wildman–Crippen LogP) is 1.31. The number of aromatic nitrogens is 1. The number of nitrogens with one attached hydrogen (secondary N) is 1. The van der Waals surface area contributed by atoms with Gasteiger partial charge in [0.05, 0.1) is 19.3 Å². The van der Waals surface area contributed by atoms with Crippen LogP contribution in [0.2, 0.25) is 0 Å². The lowest BCUT2D eigenvalue weighted by Crippen LogP contribution is -2.16. The first-order chi connectivity index (χ1) is 7.76. The Morgan fingerprint density at radius 1 is 1.56 bits per heavy atom. The van der Waals surface area contributed by atoms with E-state index >= 15 is 0 Å². The molecule has 0 aliphatic carbocycles. The monoisotopic (exact) mass is 225 g/mol. The van der Waals surface area contributed by atoms with Gasteiger partial charge in [0, 0.05) is 12.8 Å². The van der Waals surface area contributed by atoms with Crippen molar-refractivity contribution < 1.29 is 9.47 Å². The number of pyridine rings is 1. The molecule has 1 rings (SSSR count). The topological polar surface area (TPSA) is 69.4 Å². The van der Waals surface area contributed by atoms with Crippen LogP contribution in [-0.4, -0.2) is 24.3 Å². The Morgan fingerprint density at radius 2 is 2.38 bits per heavy atom. The highest BCUT2D eigenvalue weighted by molar-refractivity contribution is 5.35. The zero-order valence-electron chi connectivity index (χ0n) is 9.77. The predicted molar refractivity (Wildman–Crippen MR) is 62.8 cm³/mol. The van der Waals surface area contributed by atoms with Crippen LogP contribution in [0.3, 0.4) is 0 Å². The van der Waals surface area contributed by atoms with Gasteiger partial charge < -0.3 is 14.9 Å². The van der Waals surface area contributed by atoms with Crippen molar-refractivity contribution in [1.82, 2.24) is 4.98 Å². The average Bonchev–Trinajstić information content (AvgIpc) is 2.34. The van der Waals surface area contributed by atoms with Gasteiger partial charge in [-0.15, -0.1) is 0 Å². The minimum atomic E-state index is 0.0856. The van der Waals surface area contributed by atoms with Crippen molar-refractivity contribution in [3.05, 3.63) is 23.9 Å². The van der Waals surface area contributed by atoms with Gasteiger partial charge in [-0.05, 0) is 31.5 Å². The first-order valence-electron chi connectivity index (χ1n) is 5.37. The highest BCUT2D eigenvalue weighted by Gasteiger charge is 2.03. The van der Waals surface area contributed by atoms with Crippen LogP contribution < -0.4 is 11.3 Å². The van der Waals surface area contributed by atoms with Crippen molar-refractivity contribution in [3.8, 4) is 0 Å². The lowest BCUT2D eigenvalue weighted by atomic mass is 10.3. The third-order valence-corrected chi connectivity index (χ3v) is 2.06. The molecule has 0 amide bonds. The van der Waals surface area contributed by atoms with Crippen molar-refractivity contribution in [2.24, 2.45) is 5.84 Å². The van der Waals surface area contributed by atoms with Crippen LogP contribution in [0.15, 0.2) is 18.3 Å².